The Balaban J connectivity index is 0.00000312. The second-order valence-corrected chi connectivity index (χ2v) is 8.63. The third kappa shape index (κ3) is 4.04. The van der Waals surface area contributed by atoms with Crippen LogP contribution in [0.2, 0.25) is 0 Å². The van der Waals surface area contributed by atoms with Crippen molar-refractivity contribution >= 4 is 46.8 Å². The Morgan fingerprint density at radius 1 is 0.800 bits per heavy atom. The lowest BCUT2D eigenvalue weighted by Gasteiger charge is -2.08. The summed E-state index contributed by atoms with van der Waals surface area (Å²) in [6.45, 7) is 0. The zero-order valence-electron chi connectivity index (χ0n) is 11.6. The maximum Gasteiger partial charge on any atom is 0.406 e. The van der Waals surface area contributed by atoms with Gasteiger partial charge in [-0.15, -0.1) is 0 Å². The summed E-state index contributed by atoms with van der Waals surface area (Å²) in [4.78, 5) is -0.612. The largest absolute Gasteiger partial charge is 1.00 e. The number of benzene rings is 2. The molecular weight excluding hydrogens is 424 g/mol. The van der Waals surface area contributed by atoms with E-state index in [0.717, 1.165) is 12.1 Å². The molecule has 11 nitrogen and oxygen atoms in total. The van der Waals surface area contributed by atoms with E-state index in [0.29, 0.717) is 12.1 Å². The summed E-state index contributed by atoms with van der Waals surface area (Å²) in [5, 5.41) is 7.61. The van der Waals surface area contributed by atoms with Gasteiger partial charge in [0.25, 0.3) is 20.2 Å². The number of hydrogen-bond donors (Lipinski definition) is 3. The first-order valence-corrected chi connectivity index (χ1v) is 9.97. The van der Waals surface area contributed by atoms with Gasteiger partial charge in [0.2, 0.25) is 5.39 Å². The molecule has 0 aliphatic rings. The van der Waals surface area contributed by atoms with Gasteiger partial charge >= 0.3 is 15.8 Å². The Kier molecular flexibility index (Phi) is 5.47. The molecule has 0 atom stereocenters. The molecule has 0 saturated carbocycles. The van der Waals surface area contributed by atoms with Crippen LogP contribution in [0.25, 0.3) is 15.7 Å². The summed E-state index contributed by atoms with van der Waals surface area (Å²) in [5.74, 6) is 0. The van der Waals surface area contributed by atoms with Crippen LogP contribution in [0.3, 0.4) is 0 Å². The number of rotatable bonds is 3. The minimum absolute atomic E-state index is 0. The van der Waals surface area contributed by atoms with Gasteiger partial charge < -0.3 is 12.4 Å². The number of halogens is 1. The number of hydrogen-bond acceptors (Lipinski definition) is 7. The first kappa shape index (κ1) is 21.2. The molecular formula is C10H7ClN2O9S3. The molecule has 0 heterocycles. The van der Waals surface area contributed by atoms with Gasteiger partial charge in [0, 0.05) is 16.8 Å². The summed E-state index contributed by atoms with van der Waals surface area (Å²) in [6.07, 6.45) is 0. The maximum absolute atomic E-state index is 11.5. The lowest BCUT2D eigenvalue weighted by Crippen LogP contribution is -3.00. The average molecular weight is 431 g/mol. The van der Waals surface area contributed by atoms with E-state index in [1.54, 1.807) is 0 Å². The van der Waals surface area contributed by atoms with Crippen molar-refractivity contribution in [1.82, 2.24) is 0 Å². The molecule has 0 radical (unpaired) electrons. The van der Waals surface area contributed by atoms with Crippen LogP contribution in [0.1, 0.15) is 0 Å². The molecule has 0 spiro atoms. The van der Waals surface area contributed by atoms with Crippen LogP contribution >= 0.6 is 0 Å². The zero-order valence-corrected chi connectivity index (χ0v) is 14.8. The van der Waals surface area contributed by atoms with Gasteiger partial charge in [-0.2, -0.15) is 25.3 Å². The normalized spacial score (nSPS) is 12.4. The molecule has 0 saturated heterocycles. The minimum atomic E-state index is -5.10. The van der Waals surface area contributed by atoms with Crippen molar-refractivity contribution in [2.24, 2.45) is 0 Å². The van der Waals surface area contributed by atoms with Gasteiger partial charge in [-0.1, -0.05) is 0 Å². The van der Waals surface area contributed by atoms with Crippen molar-refractivity contribution in [3.05, 3.63) is 29.2 Å². The standard InChI is InChI=1S/C10H6N2O9S3.ClH/c11-12-8-2-1-6-7(10(8)24(19,20)21)3-5(22(13,14)15)4-9(6)23(16,17)18;/h1-4H,(H2-,13,14,15,16,17,18,19,20,21);1H. The Labute approximate surface area is 147 Å². The molecule has 136 valence electrons. The van der Waals surface area contributed by atoms with Crippen LogP contribution in [0.5, 0.6) is 0 Å². The first-order valence-electron chi connectivity index (χ1n) is 5.65. The Morgan fingerprint density at radius 3 is 1.76 bits per heavy atom. The highest BCUT2D eigenvalue weighted by Gasteiger charge is 2.31. The zero-order chi connectivity index (χ0) is 18.5. The van der Waals surface area contributed by atoms with Crippen molar-refractivity contribution in [1.29, 1.82) is 5.39 Å². The molecule has 3 N–H and O–H groups in total. The highest BCUT2D eigenvalue weighted by Crippen LogP contribution is 2.37. The van der Waals surface area contributed by atoms with E-state index in [2.05, 4.69) is 4.98 Å². The van der Waals surface area contributed by atoms with E-state index in [1.165, 1.54) is 0 Å². The summed E-state index contributed by atoms with van der Waals surface area (Å²) >= 11 is 0. The van der Waals surface area contributed by atoms with E-state index in [4.69, 9.17) is 9.95 Å². The summed E-state index contributed by atoms with van der Waals surface area (Å²) < 4.78 is 96.0. The summed E-state index contributed by atoms with van der Waals surface area (Å²) in [6, 6.07) is 2.66. The predicted octanol–water partition coefficient (Wildman–Crippen LogP) is -1.93. The lowest BCUT2D eigenvalue weighted by atomic mass is 10.1. The molecule has 0 aliphatic carbocycles. The molecule has 0 fully saturated rings. The monoisotopic (exact) mass is 430 g/mol. The van der Waals surface area contributed by atoms with Crippen molar-refractivity contribution < 1.29 is 51.3 Å². The summed E-state index contributed by atoms with van der Waals surface area (Å²) in [5.41, 5.74) is -0.723. The minimum Gasteiger partial charge on any atom is -1.00 e. The number of diazo groups is 1. The third-order valence-corrected chi connectivity index (χ3v) is 5.61. The Bertz CT molecular complexity index is 1230. The van der Waals surface area contributed by atoms with E-state index in [1.807, 2.05) is 0 Å². The predicted molar refractivity (Wildman–Crippen MR) is 78.1 cm³/mol. The summed E-state index contributed by atoms with van der Waals surface area (Å²) in [7, 11) is -15.1. The third-order valence-electron chi connectivity index (χ3n) is 2.94. The van der Waals surface area contributed by atoms with Gasteiger partial charge in [-0.3, -0.25) is 13.7 Å². The van der Waals surface area contributed by atoms with E-state index in [9.17, 15) is 34.4 Å². The SMILES string of the molecule is N#[N+]c1ccc2c(S(=O)(=O)O)cc(S(=O)(=O)O)cc2c1S(=O)(=O)O.[Cl-]. The van der Waals surface area contributed by atoms with E-state index >= 15 is 0 Å². The van der Waals surface area contributed by atoms with E-state index < -0.39 is 61.5 Å². The number of nitrogens with zero attached hydrogens (tertiary/aromatic N) is 2. The highest BCUT2D eigenvalue weighted by atomic mass is 35.5. The van der Waals surface area contributed by atoms with Crippen LogP contribution in [-0.2, 0) is 30.4 Å². The van der Waals surface area contributed by atoms with Gasteiger partial charge in [0.1, 0.15) is 4.90 Å². The molecule has 2 rings (SSSR count). The molecule has 0 bridgehead atoms. The molecule has 0 aliphatic heterocycles. The fourth-order valence-electron chi connectivity index (χ4n) is 2.05. The van der Waals surface area contributed by atoms with Gasteiger partial charge in [0.05, 0.1) is 4.90 Å². The smallest absolute Gasteiger partial charge is 0.406 e. The van der Waals surface area contributed by atoms with Crippen LogP contribution in [0, 0.1) is 5.39 Å². The van der Waals surface area contributed by atoms with Crippen LogP contribution in [0.4, 0.5) is 5.69 Å². The van der Waals surface area contributed by atoms with Gasteiger partial charge in [-0.25, -0.2) is 0 Å². The average Bonchev–Trinajstić information content (AvgIpc) is 2.41. The van der Waals surface area contributed by atoms with Gasteiger partial charge in [0.15, 0.2) is 9.87 Å². The van der Waals surface area contributed by atoms with Crippen LogP contribution in [0.15, 0.2) is 39.0 Å². The van der Waals surface area contributed by atoms with E-state index in [-0.39, 0.29) is 12.4 Å². The highest BCUT2D eigenvalue weighted by molar-refractivity contribution is 7.87. The fourth-order valence-corrected chi connectivity index (χ4v) is 4.21. The lowest BCUT2D eigenvalue weighted by molar-refractivity contribution is -0.0000174. The quantitative estimate of drug-likeness (QED) is 0.364. The first-order chi connectivity index (χ1) is 10.8. The van der Waals surface area contributed by atoms with Crippen molar-refractivity contribution in [2.45, 2.75) is 14.7 Å². The van der Waals surface area contributed by atoms with Gasteiger partial charge in [-0.05, 0) is 18.2 Å². The Hall–Kier alpha value is -1.86. The molecule has 0 aromatic heterocycles. The number of fused-ring (bicyclic) bond motifs is 1. The second kappa shape index (κ2) is 6.46. The molecule has 0 unspecified atom stereocenters. The molecule has 0 amide bonds. The molecule has 2 aromatic rings. The van der Waals surface area contributed by atoms with Crippen molar-refractivity contribution in [2.75, 3.05) is 0 Å². The van der Waals surface area contributed by atoms with Crippen LogP contribution < -0.4 is 12.4 Å². The van der Waals surface area contributed by atoms with Crippen molar-refractivity contribution in [3.63, 3.8) is 0 Å². The van der Waals surface area contributed by atoms with Crippen LogP contribution in [-0.4, -0.2) is 38.9 Å². The molecule has 2 aromatic carbocycles. The topological polar surface area (TPSA) is 191 Å². The Morgan fingerprint density at radius 2 is 1.36 bits per heavy atom. The fraction of sp³-hybridized carbons (Fsp3) is 0. The molecule has 25 heavy (non-hydrogen) atoms. The van der Waals surface area contributed by atoms with Crippen molar-refractivity contribution in [3.8, 4) is 0 Å². The molecule has 15 heteroatoms. The maximum atomic E-state index is 11.5. The second-order valence-electron chi connectivity index (χ2n) is 4.46.